The summed E-state index contributed by atoms with van der Waals surface area (Å²) in [5, 5.41) is 4.63. The average molecular weight is 564 g/mol. The van der Waals surface area contributed by atoms with Gasteiger partial charge in [0.05, 0.1) is 22.4 Å². The number of rotatable bonds is 4. The molecule has 0 spiro atoms. The van der Waals surface area contributed by atoms with Crippen molar-refractivity contribution in [1.82, 2.24) is 24.1 Å². The molecule has 5 heteroatoms. The Morgan fingerprint density at radius 1 is 0.386 bits per heavy atom. The van der Waals surface area contributed by atoms with Crippen molar-refractivity contribution in [3.8, 4) is 33.9 Å². The Morgan fingerprint density at radius 3 is 1.25 bits per heavy atom. The minimum Gasteiger partial charge on any atom is -0.294 e. The van der Waals surface area contributed by atoms with E-state index in [1.54, 1.807) is 0 Å². The lowest BCUT2D eigenvalue weighted by atomic mass is 10.1. The van der Waals surface area contributed by atoms with Gasteiger partial charge in [-0.25, -0.2) is 4.98 Å². The fourth-order valence-electron chi connectivity index (χ4n) is 6.40. The second-order valence-electron chi connectivity index (χ2n) is 11.0. The third-order valence-electron chi connectivity index (χ3n) is 8.45. The first kappa shape index (κ1) is 24.5. The van der Waals surface area contributed by atoms with Crippen LogP contribution >= 0.6 is 0 Å². The van der Waals surface area contributed by atoms with Gasteiger partial charge in [0.25, 0.3) is 0 Å². The molecular weight excluding hydrogens is 538 g/mol. The van der Waals surface area contributed by atoms with E-state index in [-0.39, 0.29) is 0 Å². The summed E-state index contributed by atoms with van der Waals surface area (Å²) in [5.74, 6) is 0. The number of fused-ring (bicyclic) bond motifs is 6. The summed E-state index contributed by atoms with van der Waals surface area (Å²) < 4.78 is 4.55. The first-order chi connectivity index (χ1) is 21.8. The molecule has 206 valence electrons. The van der Waals surface area contributed by atoms with E-state index in [1.807, 2.05) is 48.8 Å². The molecule has 0 aliphatic heterocycles. The normalized spacial score (nSPS) is 11.6. The summed E-state index contributed by atoms with van der Waals surface area (Å²) in [6, 6.07) is 48.6. The number of hydrogen-bond acceptors (Lipinski definition) is 3. The second-order valence-corrected chi connectivity index (χ2v) is 11.0. The van der Waals surface area contributed by atoms with Crippen LogP contribution in [0.2, 0.25) is 0 Å². The van der Waals surface area contributed by atoms with E-state index in [0.717, 1.165) is 67.0 Å². The molecule has 0 saturated heterocycles. The van der Waals surface area contributed by atoms with Crippen molar-refractivity contribution in [2.24, 2.45) is 0 Å². The number of nitrogens with zero attached hydrogens (tertiary/aromatic N) is 5. The summed E-state index contributed by atoms with van der Waals surface area (Å²) in [6.45, 7) is 0. The molecule has 44 heavy (non-hydrogen) atoms. The quantitative estimate of drug-likeness (QED) is 0.214. The highest BCUT2D eigenvalue weighted by molar-refractivity contribution is 6.16. The molecule has 5 aromatic heterocycles. The van der Waals surface area contributed by atoms with E-state index < -0.39 is 0 Å². The lowest BCUT2D eigenvalue weighted by Crippen LogP contribution is -1.99. The molecule has 0 N–H and O–H groups in total. The third kappa shape index (κ3) is 3.76. The molecule has 0 aliphatic carbocycles. The molecule has 0 radical (unpaired) electrons. The van der Waals surface area contributed by atoms with E-state index in [4.69, 9.17) is 4.98 Å². The number of pyridine rings is 3. The van der Waals surface area contributed by atoms with Gasteiger partial charge < -0.3 is 0 Å². The van der Waals surface area contributed by atoms with Crippen LogP contribution in [0.3, 0.4) is 0 Å². The highest BCUT2D eigenvalue weighted by Gasteiger charge is 2.19. The molecule has 0 bridgehead atoms. The molecule has 9 rings (SSSR count). The highest BCUT2D eigenvalue weighted by Crippen LogP contribution is 2.38. The van der Waals surface area contributed by atoms with Gasteiger partial charge in [0.15, 0.2) is 0 Å². The first-order valence-corrected chi connectivity index (χ1v) is 14.7. The molecule has 5 heterocycles. The summed E-state index contributed by atoms with van der Waals surface area (Å²) in [4.78, 5) is 14.5. The van der Waals surface area contributed by atoms with Crippen LogP contribution in [0.25, 0.3) is 77.8 Å². The van der Waals surface area contributed by atoms with Crippen molar-refractivity contribution in [2.45, 2.75) is 0 Å². The molecule has 0 atom stereocenters. The smallest absolute Gasteiger partial charge is 0.148 e. The molecule has 5 nitrogen and oxygen atoms in total. The maximum atomic E-state index is 5.47. The summed E-state index contributed by atoms with van der Waals surface area (Å²) in [6.07, 6.45) is 3.66. The van der Waals surface area contributed by atoms with Gasteiger partial charge in [0.2, 0.25) is 0 Å². The van der Waals surface area contributed by atoms with Crippen LogP contribution in [0.5, 0.6) is 0 Å². The minimum atomic E-state index is 0.929. The van der Waals surface area contributed by atoms with Gasteiger partial charge in [-0.3, -0.25) is 19.1 Å². The molecule has 9 aromatic rings. The molecule has 0 aliphatic rings. The molecule has 0 fully saturated rings. The van der Waals surface area contributed by atoms with Gasteiger partial charge in [-0.2, -0.15) is 0 Å². The fourth-order valence-corrected chi connectivity index (χ4v) is 6.40. The Morgan fingerprint density at radius 2 is 0.818 bits per heavy atom. The molecular formula is C39H25N5. The zero-order chi connectivity index (χ0) is 29.0. The monoisotopic (exact) mass is 563 g/mol. The minimum absolute atomic E-state index is 0.929. The second kappa shape index (κ2) is 9.75. The van der Waals surface area contributed by atoms with Crippen LogP contribution in [0.4, 0.5) is 0 Å². The summed E-state index contributed by atoms with van der Waals surface area (Å²) in [5.41, 5.74) is 10.3. The van der Waals surface area contributed by atoms with Crippen LogP contribution in [0.15, 0.2) is 152 Å². The maximum absolute atomic E-state index is 5.47. The number of aromatic nitrogens is 5. The van der Waals surface area contributed by atoms with Gasteiger partial charge >= 0.3 is 0 Å². The van der Waals surface area contributed by atoms with Gasteiger partial charge in [-0.1, -0.05) is 72.8 Å². The van der Waals surface area contributed by atoms with Gasteiger partial charge in [0.1, 0.15) is 11.3 Å². The van der Waals surface area contributed by atoms with E-state index in [2.05, 4.69) is 122 Å². The maximum Gasteiger partial charge on any atom is 0.148 e. The largest absolute Gasteiger partial charge is 0.294 e. The Kier molecular flexibility index (Phi) is 5.43. The summed E-state index contributed by atoms with van der Waals surface area (Å²) in [7, 11) is 0. The van der Waals surface area contributed by atoms with Crippen molar-refractivity contribution in [3.63, 3.8) is 0 Å². The zero-order valence-electron chi connectivity index (χ0n) is 23.7. The predicted octanol–water partition coefficient (Wildman–Crippen LogP) is 9.40. The van der Waals surface area contributed by atoms with Crippen molar-refractivity contribution >= 4 is 43.9 Å². The fraction of sp³-hybridized carbons (Fsp3) is 0. The topological polar surface area (TPSA) is 48.5 Å². The Bertz CT molecular complexity index is 2280. The Balaban J connectivity index is 1.29. The van der Waals surface area contributed by atoms with Crippen LogP contribution in [-0.2, 0) is 0 Å². The van der Waals surface area contributed by atoms with Gasteiger partial charge in [0, 0.05) is 56.4 Å². The predicted molar refractivity (Wildman–Crippen MR) is 179 cm³/mol. The van der Waals surface area contributed by atoms with Gasteiger partial charge in [-0.15, -0.1) is 0 Å². The molecule has 0 saturated carbocycles. The number of para-hydroxylation sites is 2. The van der Waals surface area contributed by atoms with E-state index in [9.17, 15) is 0 Å². The van der Waals surface area contributed by atoms with Crippen LogP contribution in [0.1, 0.15) is 0 Å². The lowest BCUT2D eigenvalue weighted by molar-refractivity contribution is 1.11. The average Bonchev–Trinajstić information content (AvgIpc) is 3.60. The first-order valence-electron chi connectivity index (χ1n) is 14.7. The standard InChI is InChI=1S/C39H25N5/c1-3-13-36-30(9-1)32-25-33-31-10-2-4-14-37(31)44(29-21-17-27(18-22-29)35-12-6-8-24-41-35)39(33)42-38(32)43(36)28-19-15-26(16-20-28)34-11-5-7-23-40-34/h1-25H. The van der Waals surface area contributed by atoms with E-state index >= 15 is 0 Å². The van der Waals surface area contributed by atoms with E-state index in [0.29, 0.717) is 0 Å². The number of benzene rings is 4. The Labute approximate surface area is 253 Å². The van der Waals surface area contributed by atoms with Crippen molar-refractivity contribution in [2.75, 3.05) is 0 Å². The van der Waals surface area contributed by atoms with Crippen LogP contribution in [-0.4, -0.2) is 24.1 Å². The molecule has 0 unspecified atom stereocenters. The van der Waals surface area contributed by atoms with Crippen molar-refractivity contribution in [1.29, 1.82) is 0 Å². The lowest BCUT2D eigenvalue weighted by Gasteiger charge is -2.10. The van der Waals surface area contributed by atoms with Crippen molar-refractivity contribution < 1.29 is 0 Å². The zero-order valence-corrected chi connectivity index (χ0v) is 23.7. The van der Waals surface area contributed by atoms with Crippen LogP contribution < -0.4 is 0 Å². The highest BCUT2D eigenvalue weighted by atomic mass is 15.1. The van der Waals surface area contributed by atoms with Crippen LogP contribution in [0, 0.1) is 0 Å². The third-order valence-corrected chi connectivity index (χ3v) is 8.45. The van der Waals surface area contributed by atoms with Gasteiger partial charge in [-0.05, 0) is 66.7 Å². The van der Waals surface area contributed by atoms with E-state index in [1.165, 1.54) is 10.8 Å². The Hall–Kier alpha value is -6.07. The molecule has 0 amide bonds. The van der Waals surface area contributed by atoms with Crippen molar-refractivity contribution in [3.05, 3.63) is 152 Å². The summed E-state index contributed by atoms with van der Waals surface area (Å²) >= 11 is 0. The number of hydrogen-bond donors (Lipinski definition) is 0. The SMILES string of the molecule is c1ccc(-c2ccc(-n3c4ccccc4c4cc5c6ccccc6n(-c6ccc(-c7ccccn7)cc6)c5nc43)cc2)nc1. The molecule has 4 aromatic carbocycles.